The van der Waals surface area contributed by atoms with Gasteiger partial charge in [0, 0.05) is 31.4 Å². The molecule has 0 saturated carbocycles. The number of carbonyl (C=O) groups is 1. The Kier molecular flexibility index (Phi) is 4.60. The van der Waals surface area contributed by atoms with Crippen LogP contribution in [0.25, 0.3) is 10.9 Å². The van der Waals surface area contributed by atoms with Gasteiger partial charge in [-0.25, -0.2) is 4.39 Å². The molecule has 0 bridgehead atoms. The maximum absolute atomic E-state index is 13.7. The largest absolute Gasteiger partial charge is 0.348 e. The minimum atomic E-state index is -0.265. The summed E-state index contributed by atoms with van der Waals surface area (Å²) >= 11 is 1.53. The number of nitrogens with zero attached hydrogens (tertiary/aromatic N) is 2. The maximum Gasteiger partial charge on any atom is 0.234 e. The van der Waals surface area contributed by atoms with Gasteiger partial charge in [-0.2, -0.15) is 0 Å². The van der Waals surface area contributed by atoms with Crippen LogP contribution in [0.2, 0.25) is 0 Å². The molecule has 1 amide bonds. The molecule has 0 fully saturated rings. The molecule has 0 saturated heterocycles. The van der Waals surface area contributed by atoms with Crippen LogP contribution in [0.1, 0.15) is 12.5 Å². The molecule has 106 valence electrons. The zero-order valence-electron chi connectivity index (χ0n) is 11.8. The van der Waals surface area contributed by atoms with Crippen molar-refractivity contribution in [1.82, 2.24) is 9.88 Å². The van der Waals surface area contributed by atoms with Crippen LogP contribution in [0.4, 0.5) is 4.39 Å². The van der Waals surface area contributed by atoms with E-state index in [0.29, 0.717) is 16.7 Å². The third-order valence-corrected chi connectivity index (χ3v) is 4.26. The minimum absolute atomic E-state index is 0.0781. The number of rotatable bonds is 4. The molecule has 1 aromatic carbocycles. The second-order valence-electron chi connectivity index (χ2n) is 4.79. The lowest BCUT2D eigenvalue weighted by Crippen LogP contribution is -2.29. The number of fused-ring (bicyclic) bond motifs is 1. The van der Waals surface area contributed by atoms with Crippen LogP contribution in [0.15, 0.2) is 30.5 Å². The summed E-state index contributed by atoms with van der Waals surface area (Å²) in [5, 5.41) is 0.394. The predicted octanol–water partition coefficient (Wildman–Crippen LogP) is 3.08. The summed E-state index contributed by atoms with van der Waals surface area (Å²) in [4.78, 5) is 17.6. The highest BCUT2D eigenvalue weighted by molar-refractivity contribution is 7.99. The normalized spacial score (nSPS) is 12.4. The Morgan fingerprint density at radius 1 is 1.40 bits per heavy atom. The molecule has 2 aromatic rings. The molecular formula is C15H17FN2OS. The van der Waals surface area contributed by atoms with Gasteiger partial charge in [-0.1, -0.05) is 6.07 Å². The second kappa shape index (κ2) is 6.22. The van der Waals surface area contributed by atoms with E-state index in [2.05, 4.69) is 4.98 Å². The van der Waals surface area contributed by atoms with Crippen molar-refractivity contribution >= 4 is 28.6 Å². The number of carbonyl (C=O) groups excluding carboxylic acids is 1. The summed E-state index contributed by atoms with van der Waals surface area (Å²) in [6.45, 7) is 1.88. The van der Waals surface area contributed by atoms with Gasteiger partial charge in [-0.15, -0.1) is 11.8 Å². The standard InChI is InChI=1S/C15H17FN2OS/c1-10(15(19)18(2)3)20-9-11-6-7-13(16)12-5-4-8-17-14(11)12/h4-8,10H,9H2,1-3H3. The number of thioether (sulfide) groups is 1. The Hall–Kier alpha value is -1.62. The molecule has 0 aliphatic rings. The lowest BCUT2D eigenvalue weighted by Gasteiger charge is -2.16. The minimum Gasteiger partial charge on any atom is -0.348 e. The summed E-state index contributed by atoms with van der Waals surface area (Å²) in [6.07, 6.45) is 1.66. The van der Waals surface area contributed by atoms with Gasteiger partial charge in [0.1, 0.15) is 5.82 Å². The number of pyridine rings is 1. The molecule has 1 unspecified atom stereocenters. The number of aromatic nitrogens is 1. The van der Waals surface area contributed by atoms with E-state index in [9.17, 15) is 9.18 Å². The van der Waals surface area contributed by atoms with Crippen LogP contribution in [0.3, 0.4) is 0 Å². The highest BCUT2D eigenvalue weighted by atomic mass is 32.2. The van der Waals surface area contributed by atoms with Gasteiger partial charge in [0.25, 0.3) is 0 Å². The number of hydrogen-bond donors (Lipinski definition) is 0. The van der Waals surface area contributed by atoms with Crippen molar-refractivity contribution in [3.8, 4) is 0 Å². The first-order chi connectivity index (χ1) is 9.50. The Morgan fingerprint density at radius 3 is 2.85 bits per heavy atom. The van der Waals surface area contributed by atoms with Crippen LogP contribution in [0, 0.1) is 5.82 Å². The molecular weight excluding hydrogens is 275 g/mol. The monoisotopic (exact) mass is 292 g/mol. The van der Waals surface area contributed by atoms with Crippen molar-refractivity contribution in [2.75, 3.05) is 14.1 Å². The van der Waals surface area contributed by atoms with Crippen molar-refractivity contribution in [2.45, 2.75) is 17.9 Å². The average molecular weight is 292 g/mol. The van der Waals surface area contributed by atoms with Gasteiger partial charge in [0.15, 0.2) is 0 Å². The molecule has 1 aromatic heterocycles. The van der Waals surface area contributed by atoms with E-state index in [-0.39, 0.29) is 17.0 Å². The zero-order chi connectivity index (χ0) is 14.7. The van der Waals surface area contributed by atoms with E-state index in [0.717, 1.165) is 5.56 Å². The number of amides is 1. The quantitative estimate of drug-likeness (QED) is 0.868. The fourth-order valence-electron chi connectivity index (χ4n) is 1.96. The van der Waals surface area contributed by atoms with Crippen molar-refractivity contribution in [2.24, 2.45) is 0 Å². The van der Waals surface area contributed by atoms with Crippen molar-refractivity contribution < 1.29 is 9.18 Å². The maximum atomic E-state index is 13.7. The number of benzene rings is 1. The topological polar surface area (TPSA) is 33.2 Å². The summed E-state index contributed by atoms with van der Waals surface area (Å²) in [6, 6.07) is 6.64. The highest BCUT2D eigenvalue weighted by Gasteiger charge is 2.16. The van der Waals surface area contributed by atoms with Gasteiger partial charge in [-0.05, 0) is 30.7 Å². The number of hydrogen-bond acceptors (Lipinski definition) is 3. The fraction of sp³-hybridized carbons (Fsp3) is 0.333. The first kappa shape index (κ1) is 14.8. The van der Waals surface area contributed by atoms with Gasteiger partial charge in [-0.3, -0.25) is 9.78 Å². The Labute approximate surface area is 122 Å². The first-order valence-corrected chi connectivity index (χ1v) is 7.40. The summed E-state index contributed by atoms with van der Waals surface area (Å²) in [5.41, 5.74) is 1.62. The van der Waals surface area contributed by atoms with Gasteiger partial charge in [0.2, 0.25) is 5.91 Å². The lowest BCUT2D eigenvalue weighted by atomic mass is 10.1. The summed E-state index contributed by atoms with van der Waals surface area (Å²) < 4.78 is 13.7. The first-order valence-electron chi connectivity index (χ1n) is 6.35. The van der Waals surface area contributed by atoms with Crippen molar-refractivity contribution in [3.63, 3.8) is 0 Å². The van der Waals surface area contributed by atoms with Gasteiger partial charge < -0.3 is 4.90 Å². The molecule has 5 heteroatoms. The van der Waals surface area contributed by atoms with E-state index in [1.807, 2.05) is 6.92 Å². The predicted molar refractivity (Wildman–Crippen MR) is 81.2 cm³/mol. The molecule has 0 N–H and O–H groups in total. The van der Waals surface area contributed by atoms with E-state index in [1.54, 1.807) is 43.4 Å². The highest BCUT2D eigenvalue weighted by Crippen LogP contribution is 2.25. The fourth-order valence-corrected chi connectivity index (χ4v) is 2.98. The lowest BCUT2D eigenvalue weighted by molar-refractivity contribution is -0.127. The smallest absolute Gasteiger partial charge is 0.234 e. The second-order valence-corrected chi connectivity index (χ2v) is 6.12. The SMILES string of the molecule is CC(SCc1ccc(F)c2cccnc12)C(=O)N(C)C. The van der Waals surface area contributed by atoms with Crippen molar-refractivity contribution in [1.29, 1.82) is 0 Å². The molecule has 0 aliphatic heterocycles. The molecule has 20 heavy (non-hydrogen) atoms. The Balaban J connectivity index is 2.19. The molecule has 0 aliphatic carbocycles. The molecule has 1 atom stereocenters. The van der Waals surface area contributed by atoms with Crippen LogP contribution in [0.5, 0.6) is 0 Å². The average Bonchev–Trinajstić information content (AvgIpc) is 2.45. The molecule has 2 rings (SSSR count). The van der Waals surface area contributed by atoms with Crippen molar-refractivity contribution in [3.05, 3.63) is 41.8 Å². The summed E-state index contributed by atoms with van der Waals surface area (Å²) in [7, 11) is 3.49. The number of halogens is 1. The Bertz CT molecular complexity index is 630. The van der Waals surface area contributed by atoms with E-state index >= 15 is 0 Å². The van der Waals surface area contributed by atoms with E-state index < -0.39 is 0 Å². The molecule has 3 nitrogen and oxygen atoms in total. The van der Waals surface area contributed by atoms with E-state index in [4.69, 9.17) is 0 Å². The summed E-state index contributed by atoms with van der Waals surface area (Å²) in [5.74, 6) is 0.447. The van der Waals surface area contributed by atoms with E-state index in [1.165, 1.54) is 17.8 Å². The zero-order valence-corrected chi connectivity index (χ0v) is 12.6. The molecule has 0 radical (unpaired) electrons. The van der Waals surface area contributed by atoms with Gasteiger partial charge >= 0.3 is 0 Å². The van der Waals surface area contributed by atoms with Crippen LogP contribution in [-0.2, 0) is 10.5 Å². The Morgan fingerprint density at radius 2 is 2.15 bits per heavy atom. The van der Waals surface area contributed by atoms with Crippen LogP contribution >= 0.6 is 11.8 Å². The molecule has 0 spiro atoms. The third kappa shape index (κ3) is 3.10. The molecule has 1 heterocycles. The third-order valence-electron chi connectivity index (χ3n) is 3.08. The van der Waals surface area contributed by atoms with Crippen LogP contribution < -0.4 is 0 Å². The van der Waals surface area contributed by atoms with Gasteiger partial charge in [0.05, 0.1) is 10.8 Å². The van der Waals surface area contributed by atoms with Crippen LogP contribution in [-0.4, -0.2) is 35.1 Å².